The SMILES string of the molecule is CCC1(C)CCN(S(=O)(=O)c2c(C)oc(C)c2CCl)CC1. The lowest BCUT2D eigenvalue weighted by molar-refractivity contribution is 0.169. The van der Waals surface area contributed by atoms with Crippen LogP contribution in [-0.2, 0) is 15.9 Å². The van der Waals surface area contributed by atoms with Gasteiger partial charge in [-0.2, -0.15) is 4.31 Å². The molecule has 1 fully saturated rings. The van der Waals surface area contributed by atoms with E-state index in [0.717, 1.165) is 19.3 Å². The van der Waals surface area contributed by atoms with Crippen molar-refractivity contribution in [2.45, 2.75) is 57.7 Å². The summed E-state index contributed by atoms with van der Waals surface area (Å²) in [5.41, 5.74) is 0.848. The molecule has 2 heterocycles. The zero-order chi connectivity index (χ0) is 15.8. The smallest absolute Gasteiger partial charge is 0.246 e. The summed E-state index contributed by atoms with van der Waals surface area (Å²) in [6, 6.07) is 0. The number of piperidine rings is 1. The minimum atomic E-state index is -3.52. The van der Waals surface area contributed by atoms with E-state index in [0.29, 0.717) is 30.2 Å². The molecule has 0 saturated carbocycles. The van der Waals surface area contributed by atoms with Gasteiger partial charge in [0.2, 0.25) is 10.0 Å². The van der Waals surface area contributed by atoms with Crippen LogP contribution < -0.4 is 0 Å². The van der Waals surface area contributed by atoms with E-state index >= 15 is 0 Å². The predicted molar refractivity (Wildman–Crippen MR) is 84.1 cm³/mol. The molecule has 0 spiro atoms. The molecule has 1 aliphatic heterocycles. The molecule has 1 aromatic rings. The number of rotatable bonds is 4. The standard InChI is InChI=1S/C15H24ClNO3S/c1-5-15(4)6-8-17(9-7-15)21(18,19)14-12(3)20-11(2)13(14)10-16/h5-10H2,1-4H3. The number of furan rings is 1. The van der Waals surface area contributed by atoms with Crippen LogP contribution in [0.3, 0.4) is 0 Å². The van der Waals surface area contributed by atoms with E-state index in [9.17, 15) is 8.42 Å². The first-order valence-electron chi connectivity index (χ1n) is 7.40. The average molecular weight is 334 g/mol. The second kappa shape index (κ2) is 5.94. The van der Waals surface area contributed by atoms with Gasteiger partial charge in [0, 0.05) is 18.7 Å². The molecule has 1 aliphatic rings. The lowest BCUT2D eigenvalue weighted by atomic mass is 9.79. The van der Waals surface area contributed by atoms with Crippen molar-refractivity contribution in [3.05, 3.63) is 17.1 Å². The molecule has 2 rings (SSSR count). The van der Waals surface area contributed by atoms with Gasteiger partial charge in [0.25, 0.3) is 0 Å². The molecular formula is C15H24ClNO3S. The fraction of sp³-hybridized carbons (Fsp3) is 0.733. The highest BCUT2D eigenvalue weighted by atomic mass is 35.5. The van der Waals surface area contributed by atoms with Crippen molar-refractivity contribution in [3.8, 4) is 0 Å². The molecule has 6 heteroatoms. The van der Waals surface area contributed by atoms with Gasteiger partial charge in [-0.15, -0.1) is 11.6 Å². The van der Waals surface area contributed by atoms with E-state index < -0.39 is 10.0 Å². The van der Waals surface area contributed by atoms with Gasteiger partial charge in [-0.05, 0) is 32.1 Å². The van der Waals surface area contributed by atoms with Crippen molar-refractivity contribution in [3.63, 3.8) is 0 Å². The summed E-state index contributed by atoms with van der Waals surface area (Å²) in [7, 11) is -3.52. The summed E-state index contributed by atoms with van der Waals surface area (Å²) in [4.78, 5) is 0.273. The largest absolute Gasteiger partial charge is 0.465 e. The van der Waals surface area contributed by atoms with Crippen molar-refractivity contribution in [2.75, 3.05) is 13.1 Å². The number of hydrogen-bond acceptors (Lipinski definition) is 3. The van der Waals surface area contributed by atoms with Gasteiger partial charge >= 0.3 is 0 Å². The van der Waals surface area contributed by atoms with Crippen LogP contribution in [0, 0.1) is 19.3 Å². The second-order valence-corrected chi connectivity index (χ2v) is 8.37. The van der Waals surface area contributed by atoms with Crippen molar-refractivity contribution >= 4 is 21.6 Å². The quantitative estimate of drug-likeness (QED) is 0.787. The minimum Gasteiger partial charge on any atom is -0.465 e. The Kier molecular flexibility index (Phi) is 4.76. The lowest BCUT2D eigenvalue weighted by Gasteiger charge is -2.38. The van der Waals surface area contributed by atoms with Gasteiger partial charge in [-0.1, -0.05) is 20.3 Å². The molecule has 1 aromatic heterocycles. The number of aryl methyl sites for hydroxylation is 2. The fourth-order valence-electron chi connectivity index (χ4n) is 2.95. The summed E-state index contributed by atoms with van der Waals surface area (Å²) >= 11 is 5.92. The van der Waals surface area contributed by atoms with Gasteiger partial charge in [-0.3, -0.25) is 0 Å². The molecule has 21 heavy (non-hydrogen) atoms. The molecule has 0 N–H and O–H groups in total. The monoisotopic (exact) mass is 333 g/mol. The highest BCUT2D eigenvalue weighted by Gasteiger charge is 2.37. The van der Waals surface area contributed by atoms with Crippen LogP contribution in [0.15, 0.2) is 9.31 Å². The predicted octanol–water partition coefficient (Wildman–Crippen LogP) is 3.84. The van der Waals surface area contributed by atoms with Crippen LogP contribution in [0.2, 0.25) is 0 Å². The Morgan fingerprint density at radius 1 is 1.24 bits per heavy atom. The molecule has 0 aromatic carbocycles. The van der Waals surface area contributed by atoms with Crippen LogP contribution >= 0.6 is 11.6 Å². The van der Waals surface area contributed by atoms with Crippen LogP contribution in [0.5, 0.6) is 0 Å². The Morgan fingerprint density at radius 3 is 2.29 bits per heavy atom. The Bertz CT molecular complexity index is 613. The van der Waals surface area contributed by atoms with Crippen LogP contribution in [0.25, 0.3) is 0 Å². The molecule has 120 valence electrons. The van der Waals surface area contributed by atoms with Gasteiger partial charge in [0.05, 0.1) is 5.88 Å². The van der Waals surface area contributed by atoms with Gasteiger partial charge < -0.3 is 4.42 Å². The Hall–Kier alpha value is -0.520. The average Bonchev–Trinajstić information content (AvgIpc) is 2.73. The third-order valence-corrected chi connectivity index (χ3v) is 7.20. The third kappa shape index (κ3) is 3.01. The summed E-state index contributed by atoms with van der Waals surface area (Å²) in [6.07, 6.45) is 2.88. The number of halogens is 1. The molecule has 1 saturated heterocycles. The molecule has 0 radical (unpaired) electrons. The molecule has 0 unspecified atom stereocenters. The second-order valence-electron chi connectivity index (χ2n) is 6.22. The van der Waals surface area contributed by atoms with Crippen LogP contribution in [-0.4, -0.2) is 25.8 Å². The summed E-state index contributed by atoms with van der Waals surface area (Å²) < 4.78 is 32.9. The number of sulfonamides is 1. The Balaban J connectivity index is 2.32. The molecule has 0 aliphatic carbocycles. The molecule has 0 atom stereocenters. The maximum Gasteiger partial charge on any atom is 0.246 e. The number of alkyl halides is 1. The third-order valence-electron chi connectivity index (χ3n) is 4.84. The first-order valence-corrected chi connectivity index (χ1v) is 9.37. The van der Waals surface area contributed by atoms with Gasteiger partial charge in [0.1, 0.15) is 16.4 Å². The zero-order valence-corrected chi connectivity index (χ0v) is 14.8. The summed E-state index contributed by atoms with van der Waals surface area (Å²) in [5.74, 6) is 1.18. The van der Waals surface area contributed by atoms with Crippen LogP contribution in [0.1, 0.15) is 50.2 Å². The van der Waals surface area contributed by atoms with E-state index in [2.05, 4.69) is 13.8 Å². The molecule has 0 bridgehead atoms. The van der Waals surface area contributed by atoms with Gasteiger partial charge in [-0.25, -0.2) is 8.42 Å². The highest BCUT2D eigenvalue weighted by Crippen LogP contribution is 2.37. The topological polar surface area (TPSA) is 50.5 Å². The van der Waals surface area contributed by atoms with Crippen molar-refractivity contribution in [1.82, 2.24) is 4.31 Å². The van der Waals surface area contributed by atoms with Gasteiger partial charge in [0.15, 0.2) is 0 Å². The number of hydrogen-bond donors (Lipinski definition) is 0. The summed E-state index contributed by atoms with van der Waals surface area (Å²) in [6.45, 7) is 8.98. The van der Waals surface area contributed by atoms with Crippen LogP contribution in [0.4, 0.5) is 0 Å². The zero-order valence-electron chi connectivity index (χ0n) is 13.2. The molecule has 0 amide bonds. The Labute approximate surface area is 132 Å². The van der Waals surface area contributed by atoms with E-state index in [-0.39, 0.29) is 16.2 Å². The summed E-state index contributed by atoms with van der Waals surface area (Å²) in [5, 5.41) is 0. The number of nitrogens with zero attached hydrogens (tertiary/aromatic N) is 1. The van der Waals surface area contributed by atoms with E-state index in [1.165, 1.54) is 0 Å². The molecular weight excluding hydrogens is 310 g/mol. The van der Waals surface area contributed by atoms with Crippen molar-refractivity contribution in [1.29, 1.82) is 0 Å². The first-order chi connectivity index (χ1) is 9.75. The maximum atomic E-state index is 12.9. The minimum absolute atomic E-state index is 0.151. The van der Waals surface area contributed by atoms with E-state index in [1.807, 2.05) is 0 Å². The fourth-order valence-corrected chi connectivity index (χ4v) is 5.21. The molecule has 4 nitrogen and oxygen atoms in total. The lowest BCUT2D eigenvalue weighted by Crippen LogP contribution is -2.42. The van der Waals surface area contributed by atoms with Crippen molar-refractivity contribution in [2.24, 2.45) is 5.41 Å². The maximum absolute atomic E-state index is 12.9. The first kappa shape index (κ1) is 16.8. The van der Waals surface area contributed by atoms with E-state index in [1.54, 1.807) is 18.2 Å². The van der Waals surface area contributed by atoms with E-state index in [4.69, 9.17) is 16.0 Å². The van der Waals surface area contributed by atoms with Crippen molar-refractivity contribution < 1.29 is 12.8 Å². The normalized spacial score (nSPS) is 19.9. The Morgan fingerprint density at radius 2 is 1.81 bits per heavy atom. The highest BCUT2D eigenvalue weighted by molar-refractivity contribution is 7.89.